The number of imidazole rings is 1. The summed E-state index contributed by atoms with van der Waals surface area (Å²) in [5, 5.41) is 0. The van der Waals surface area contributed by atoms with E-state index in [-0.39, 0.29) is 12.4 Å². The molecule has 0 aliphatic rings. The summed E-state index contributed by atoms with van der Waals surface area (Å²) in [5.41, 5.74) is 1.83. The van der Waals surface area contributed by atoms with Gasteiger partial charge in [-0.15, -0.1) is 11.3 Å². The molecule has 3 aromatic heterocycles. The van der Waals surface area contributed by atoms with Crippen LogP contribution in [0.2, 0.25) is 0 Å². The van der Waals surface area contributed by atoms with Crippen molar-refractivity contribution < 1.29 is 14.3 Å². The van der Waals surface area contributed by atoms with Crippen LogP contribution >= 0.6 is 11.3 Å². The van der Waals surface area contributed by atoms with E-state index < -0.39 is 0 Å². The highest BCUT2D eigenvalue weighted by Crippen LogP contribution is 2.27. The largest absolute Gasteiger partial charge is 0.466 e. The zero-order valence-electron chi connectivity index (χ0n) is 11.9. The summed E-state index contributed by atoms with van der Waals surface area (Å²) in [7, 11) is 0. The second-order valence-electron chi connectivity index (χ2n) is 4.54. The number of thiazole rings is 1. The Morgan fingerprint density at radius 2 is 2.36 bits per heavy atom. The number of aromatic nitrogens is 3. The van der Waals surface area contributed by atoms with Crippen LogP contribution in [-0.4, -0.2) is 33.2 Å². The van der Waals surface area contributed by atoms with E-state index in [0.717, 1.165) is 16.7 Å². The molecule has 0 spiro atoms. The Morgan fingerprint density at radius 1 is 1.50 bits per heavy atom. The van der Waals surface area contributed by atoms with E-state index >= 15 is 0 Å². The summed E-state index contributed by atoms with van der Waals surface area (Å²) in [6.07, 6.45) is 6.04. The van der Waals surface area contributed by atoms with E-state index in [1.54, 1.807) is 36.0 Å². The number of aldehydes is 1. The summed E-state index contributed by atoms with van der Waals surface area (Å²) in [5.74, 6) is -0.285. The standard InChI is InChI=1S/C15H13N3O3S/c1-2-21-13(20)6-11-8-18-12(9-19)14(17-15(18)22-11)10-4-3-5-16-7-10/h3-5,7-9H,2,6H2,1H3. The molecule has 0 aromatic carbocycles. The van der Waals surface area contributed by atoms with E-state index in [1.165, 1.54) is 11.3 Å². The van der Waals surface area contributed by atoms with Gasteiger partial charge in [0.1, 0.15) is 11.4 Å². The molecule has 0 bridgehead atoms. The van der Waals surface area contributed by atoms with Gasteiger partial charge in [-0.05, 0) is 19.1 Å². The van der Waals surface area contributed by atoms with Gasteiger partial charge in [-0.1, -0.05) is 0 Å². The fourth-order valence-corrected chi connectivity index (χ4v) is 3.14. The first kappa shape index (κ1) is 14.4. The van der Waals surface area contributed by atoms with Crippen LogP contribution in [0.5, 0.6) is 0 Å². The van der Waals surface area contributed by atoms with Crippen LogP contribution in [-0.2, 0) is 16.0 Å². The van der Waals surface area contributed by atoms with Crippen molar-refractivity contribution in [2.75, 3.05) is 6.61 Å². The van der Waals surface area contributed by atoms with Crippen LogP contribution in [0.4, 0.5) is 0 Å². The number of fused-ring (bicyclic) bond motifs is 1. The van der Waals surface area contributed by atoms with E-state index in [4.69, 9.17) is 4.74 Å². The van der Waals surface area contributed by atoms with Crippen molar-refractivity contribution in [3.05, 3.63) is 41.3 Å². The normalized spacial score (nSPS) is 10.8. The molecular formula is C15H13N3O3S. The van der Waals surface area contributed by atoms with Gasteiger partial charge in [0.2, 0.25) is 0 Å². The molecule has 3 heterocycles. The molecule has 0 unspecified atom stereocenters. The van der Waals surface area contributed by atoms with Crippen molar-refractivity contribution in [2.45, 2.75) is 13.3 Å². The van der Waals surface area contributed by atoms with Gasteiger partial charge in [0, 0.05) is 29.0 Å². The quantitative estimate of drug-likeness (QED) is 0.534. The Hall–Kier alpha value is -2.54. The Bertz CT molecular complexity index is 823. The lowest BCUT2D eigenvalue weighted by molar-refractivity contribution is -0.142. The Kier molecular flexibility index (Phi) is 3.97. The predicted octanol–water partition coefficient (Wildman–Crippen LogP) is 2.38. The number of ether oxygens (including phenoxy) is 1. The fraction of sp³-hybridized carbons (Fsp3) is 0.200. The molecule has 112 valence electrons. The summed E-state index contributed by atoms with van der Waals surface area (Å²) < 4.78 is 6.63. The lowest BCUT2D eigenvalue weighted by atomic mass is 10.2. The van der Waals surface area contributed by atoms with Crippen LogP contribution < -0.4 is 0 Å². The third-order valence-electron chi connectivity index (χ3n) is 3.08. The van der Waals surface area contributed by atoms with Crippen molar-refractivity contribution in [1.29, 1.82) is 0 Å². The zero-order chi connectivity index (χ0) is 15.5. The molecular weight excluding hydrogens is 302 g/mol. The van der Waals surface area contributed by atoms with Crippen molar-refractivity contribution in [2.24, 2.45) is 0 Å². The number of esters is 1. The molecule has 0 saturated heterocycles. The minimum atomic E-state index is -0.285. The first-order valence-corrected chi connectivity index (χ1v) is 7.56. The first-order valence-electron chi connectivity index (χ1n) is 6.75. The number of hydrogen-bond donors (Lipinski definition) is 0. The third-order valence-corrected chi connectivity index (χ3v) is 4.06. The molecule has 22 heavy (non-hydrogen) atoms. The van der Waals surface area contributed by atoms with E-state index in [1.807, 2.05) is 6.07 Å². The summed E-state index contributed by atoms with van der Waals surface area (Å²) >= 11 is 1.37. The van der Waals surface area contributed by atoms with Gasteiger partial charge in [0.25, 0.3) is 0 Å². The number of hydrogen-bond acceptors (Lipinski definition) is 6. The zero-order valence-corrected chi connectivity index (χ0v) is 12.7. The van der Waals surface area contributed by atoms with E-state index in [0.29, 0.717) is 23.0 Å². The van der Waals surface area contributed by atoms with Gasteiger partial charge in [0.05, 0.1) is 13.0 Å². The smallest absolute Gasteiger partial charge is 0.311 e. The van der Waals surface area contributed by atoms with Crippen LogP contribution in [0.1, 0.15) is 22.3 Å². The van der Waals surface area contributed by atoms with E-state index in [9.17, 15) is 9.59 Å². The Morgan fingerprint density at radius 3 is 3.05 bits per heavy atom. The molecule has 0 fully saturated rings. The fourth-order valence-electron chi connectivity index (χ4n) is 2.17. The second-order valence-corrected chi connectivity index (χ2v) is 5.63. The van der Waals surface area contributed by atoms with Gasteiger partial charge in [-0.25, -0.2) is 4.98 Å². The van der Waals surface area contributed by atoms with Crippen LogP contribution in [0, 0.1) is 0 Å². The van der Waals surface area contributed by atoms with Crippen molar-refractivity contribution in [1.82, 2.24) is 14.4 Å². The maximum Gasteiger partial charge on any atom is 0.311 e. The van der Waals surface area contributed by atoms with Gasteiger partial charge >= 0.3 is 5.97 Å². The Labute approximate surface area is 130 Å². The first-order chi connectivity index (χ1) is 10.7. The number of rotatable bonds is 5. The van der Waals surface area contributed by atoms with Crippen LogP contribution in [0.15, 0.2) is 30.7 Å². The maximum atomic E-state index is 11.5. The molecule has 0 saturated carbocycles. The minimum Gasteiger partial charge on any atom is -0.466 e. The van der Waals surface area contributed by atoms with Gasteiger partial charge in [-0.3, -0.25) is 19.0 Å². The number of pyridine rings is 1. The molecule has 6 nitrogen and oxygen atoms in total. The average molecular weight is 315 g/mol. The summed E-state index contributed by atoms with van der Waals surface area (Å²) in [4.78, 5) is 33.0. The Balaban J connectivity index is 1.99. The molecule has 0 aliphatic heterocycles. The minimum absolute atomic E-state index is 0.183. The molecule has 3 rings (SSSR count). The third kappa shape index (κ3) is 2.62. The molecule has 7 heteroatoms. The van der Waals surface area contributed by atoms with Crippen LogP contribution in [0.3, 0.4) is 0 Å². The van der Waals surface area contributed by atoms with Gasteiger partial charge in [0.15, 0.2) is 11.2 Å². The molecule has 0 radical (unpaired) electrons. The topological polar surface area (TPSA) is 73.6 Å². The van der Waals surface area contributed by atoms with E-state index in [2.05, 4.69) is 9.97 Å². The summed E-state index contributed by atoms with van der Waals surface area (Å²) in [6, 6.07) is 3.65. The summed E-state index contributed by atoms with van der Waals surface area (Å²) in [6.45, 7) is 2.12. The second kappa shape index (κ2) is 6.07. The van der Waals surface area contributed by atoms with Gasteiger partial charge < -0.3 is 4.74 Å². The lowest BCUT2D eigenvalue weighted by Gasteiger charge is -1.99. The van der Waals surface area contributed by atoms with Crippen molar-refractivity contribution in [3.8, 4) is 11.3 Å². The maximum absolute atomic E-state index is 11.5. The molecule has 0 N–H and O–H groups in total. The number of carbonyl (C=O) groups is 2. The highest BCUT2D eigenvalue weighted by atomic mass is 32.1. The monoisotopic (exact) mass is 315 g/mol. The molecule has 3 aromatic rings. The molecule has 0 amide bonds. The van der Waals surface area contributed by atoms with Crippen LogP contribution in [0.25, 0.3) is 16.2 Å². The highest BCUT2D eigenvalue weighted by Gasteiger charge is 2.17. The SMILES string of the molecule is CCOC(=O)Cc1cn2c(C=O)c(-c3cccnc3)nc2s1. The highest BCUT2D eigenvalue weighted by molar-refractivity contribution is 7.17. The van der Waals surface area contributed by atoms with Gasteiger partial charge in [-0.2, -0.15) is 0 Å². The number of nitrogens with zero attached hydrogens (tertiary/aromatic N) is 3. The molecule has 0 atom stereocenters. The van der Waals surface area contributed by atoms with Crippen molar-refractivity contribution in [3.63, 3.8) is 0 Å². The lowest BCUT2D eigenvalue weighted by Crippen LogP contribution is -2.06. The average Bonchev–Trinajstić information content (AvgIpc) is 3.05. The predicted molar refractivity (Wildman–Crippen MR) is 82.0 cm³/mol. The molecule has 0 aliphatic carbocycles. The number of carbonyl (C=O) groups excluding carboxylic acids is 2. The van der Waals surface area contributed by atoms with Crippen molar-refractivity contribution >= 4 is 28.6 Å².